The van der Waals surface area contributed by atoms with E-state index in [4.69, 9.17) is 15.2 Å². The van der Waals surface area contributed by atoms with Gasteiger partial charge in [-0.25, -0.2) is 0 Å². The van der Waals surface area contributed by atoms with E-state index in [1.807, 2.05) is 25.2 Å². The molecule has 1 heterocycles. The maximum Gasteiger partial charge on any atom is 0.296 e. The van der Waals surface area contributed by atoms with E-state index in [1.54, 1.807) is 7.11 Å². The van der Waals surface area contributed by atoms with Gasteiger partial charge in [0.1, 0.15) is 12.4 Å². The number of hydrogen-bond acceptors (Lipinski definition) is 6. The van der Waals surface area contributed by atoms with E-state index in [1.165, 1.54) is 16.9 Å². The van der Waals surface area contributed by atoms with E-state index < -0.39 is 0 Å². The molecule has 0 spiro atoms. The van der Waals surface area contributed by atoms with Gasteiger partial charge < -0.3 is 15.2 Å². The van der Waals surface area contributed by atoms with Crippen LogP contribution in [0.4, 0.5) is 5.13 Å². The van der Waals surface area contributed by atoms with Gasteiger partial charge in [-0.3, -0.25) is 0 Å². The maximum absolute atomic E-state index is 5.62. The number of nitrogen functional groups attached to an aromatic ring is 1. The van der Waals surface area contributed by atoms with Crippen molar-refractivity contribution in [3.63, 3.8) is 0 Å². The largest absolute Gasteiger partial charge is 0.497 e. The fraction of sp³-hybridized carbons (Fsp3) is 0.429. The van der Waals surface area contributed by atoms with Crippen LogP contribution < -0.4 is 10.5 Å². The van der Waals surface area contributed by atoms with Crippen molar-refractivity contribution in [2.45, 2.75) is 27.2 Å². The summed E-state index contributed by atoms with van der Waals surface area (Å²) in [5.41, 5.74) is 7.83. The van der Waals surface area contributed by atoms with E-state index in [0.29, 0.717) is 16.9 Å². The van der Waals surface area contributed by atoms with Crippen LogP contribution in [0.25, 0.3) is 0 Å². The third kappa shape index (κ3) is 5.05. The molecule has 0 bridgehead atoms. The van der Waals surface area contributed by atoms with Crippen molar-refractivity contribution in [3.8, 4) is 5.19 Å². The molecule has 5 nitrogen and oxygen atoms in total. The number of ether oxygens (including phenoxy) is 2. The van der Waals surface area contributed by atoms with Crippen LogP contribution in [-0.4, -0.2) is 23.9 Å². The van der Waals surface area contributed by atoms with Crippen LogP contribution in [0, 0.1) is 0 Å². The molecule has 6 heteroatoms. The van der Waals surface area contributed by atoms with Gasteiger partial charge in [0.25, 0.3) is 5.19 Å². The van der Waals surface area contributed by atoms with Crippen molar-refractivity contribution in [3.05, 3.63) is 35.1 Å². The third-order valence-electron chi connectivity index (χ3n) is 2.73. The fourth-order valence-corrected chi connectivity index (χ4v) is 1.90. The normalized spacial score (nSPS) is 13.5. The van der Waals surface area contributed by atoms with Gasteiger partial charge in [0.2, 0.25) is 5.13 Å². The molecule has 2 N–H and O–H groups in total. The molecule has 0 atom stereocenters. The van der Waals surface area contributed by atoms with Gasteiger partial charge in [0.05, 0.1) is 7.11 Å². The highest BCUT2D eigenvalue weighted by atomic mass is 32.1. The summed E-state index contributed by atoms with van der Waals surface area (Å²) in [6, 6.07) is 0. The summed E-state index contributed by atoms with van der Waals surface area (Å²) in [6.07, 6.45) is 6.76. The Balaban J connectivity index is 2.86. The highest BCUT2D eigenvalue weighted by Crippen LogP contribution is 2.21. The molecule has 0 fully saturated rings. The molecule has 0 unspecified atom stereocenters. The Labute approximate surface area is 123 Å². The number of nitrogens with two attached hydrogens (primary N) is 1. The quantitative estimate of drug-likeness (QED) is 0.617. The zero-order valence-electron chi connectivity index (χ0n) is 12.3. The Hall–Kier alpha value is -1.82. The number of nitrogens with zero attached hydrogens (tertiary/aromatic N) is 2. The Morgan fingerprint density at radius 2 is 2.15 bits per heavy atom. The smallest absolute Gasteiger partial charge is 0.296 e. The zero-order chi connectivity index (χ0) is 15.0. The Kier molecular flexibility index (Phi) is 6.79. The van der Waals surface area contributed by atoms with Gasteiger partial charge >= 0.3 is 0 Å². The van der Waals surface area contributed by atoms with E-state index in [2.05, 4.69) is 24.0 Å². The summed E-state index contributed by atoms with van der Waals surface area (Å²) in [5.74, 6) is 0.788. The first-order valence-corrected chi connectivity index (χ1v) is 7.21. The van der Waals surface area contributed by atoms with Gasteiger partial charge in [-0.15, -0.1) is 5.10 Å². The fourth-order valence-electron chi connectivity index (χ4n) is 1.44. The van der Waals surface area contributed by atoms with Crippen LogP contribution in [0.2, 0.25) is 0 Å². The molecule has 20 heavy (non-hydrogen) atoms. The highest BCUT2D eigenvalue weighted by molar-refractivity contribution is 7.16. The Morgan fingerprint density at radius 3 is 2.65 bits per heavy atom. The summed E-state index contributed by atoms with van der Waals surface area (Å²) < 4.78 is 10.9. The molecule has 0 aliphatic heterocycles. The number of rotatable bonds is 7. The lowest BCUT2D eigenvalue weighted by Gasteiger charge is -2.09. The van der Waals surface area contributed by atoms with Gasteiger partial charge in [-0.05, 0) is 49.3 Å². The molecule has 1 aromatic rings. The van der Waals surface area contributed by atoms with Gasteiger partial charge in [0, 0.05) is 0 Å². The van der Waals surface area contributed by atoms with E-state index in [9.17, 15) is 0 Å². The average Bonchev–Trinajstić information content (AvgIpc) is 2.87. The molecule has 1 aromatic heterocycles. The SMILES string of the molecule is C\C=C/C(=C\C(COc1nnc(N)s1)=C(\C)CC)OC. The van der Waals surface area contributed by atoms with Crippen LogP contribution in [-0.2, 0) is 4.74 Å². The first kappa shape index (κ1) is 16.2. The second-order valence-electron chi connectivity index (χ2n) is 4.10. The zero-order valence-corrected chi connectivity index (χ0v) is 13.2. The Morgan fingerprint density at radius 1 is 1.40 bits per heavy atom. The number of allylic oxidation sites excluding steroid dienone is 3. The molecule has 0 aliphatic carbocycles. The van der Waals surface area contributed by atoms with Crippen LogP contribution in [0.3, 0.4) is 0 Å². The molecule has 0 saturated carbocycles. The van der Waals surface area contributed by atoms with Crippen LogP contribution in [0.15, 0.2) is 35.1 Å². The summed E-state index contributed by atoms with van der Waals surface area (Å²) in [6.45, 7) is 6.54. The van der Waals surface area contributed by atoms with Crippen molar-refractivity contribution >= 4 is 16.5 Å². The van der Waals surface area contributed by atoms with E-state index in [0.717, 1.165) is 17.8 Å². The summed E-state index contributed by atoms with van der Waals surface area (Å²) in [7, 11) is 1.65. The predicted molar refractivity (Wildman–Crippen MR) is 82.7 cm³/mol. The van der Waals surface area contributed by atoms with Crippen LogP contribution in [0.1, 0.15) is 27.2 Å². The molecule has 0 aliphatic rings. The predicted octanol–water partition coefficient (Wildman–Crippen LogP) is 3.33. The maximum atomic E-state index is 5.62. The van der Waals surface area contributed by atoms with Crippen molar-refractivity contribution < 1.29 is 9.47 Å². The molecular formula is C14H21N3O2S. The molecular weight excluding hydrogens is 274 g/mol. The van der Waals surface area contributed by atoms with Crippen molar-refractivity contribution in [1.82, 2.24) is 10.2 Å². The molecule has 110 valence electrons. The number of anilines is 1. The lowest BCUT2D eigenvalue weighted by atomic mass is 10.1. The second kappa shape index (κ2) is 8.37. The molecule has 1 rings (SSSR count). The molecule has 0 aromatic carbocycles. The minimum absolute atomic E-state index is 0.403. The van der Waals surface area contributed by atoms with Crippen LogP contribution >= 0.6 is 11.3 Å². The van der Waals surface area contributed by atoms with Crippen molar-refractivity contribution in [2.75, 3.05) is 19.5 Å². The van der Waals surface area contributed by atoms with E-state index in [-0.39, 0.29) is 0 Å². The molecule has 0 amide bonds. The number of methoxy groups -OCH3 is 1. The molecule has 0 saturated heterocycles. The number of aromatic nitrogens is 2. The first-order valence-electron chi connectivity index (χ1n) is 6.39. The minimum atomic E-state index is 0.403. The summed E-state index contributed by atoms with van der Waals surface area (Å²) in [5, 5.41) is 8.44. The highest BCUT2D eigenvalue weighted by Gasteiger charge is 2.06. The lowest BCUT2D eigenvalue weighted by Crippen LogP contribution is -2.03. The summed E-state index contributed by atoms with van der Waals surface area (Å²) in [4.78, 5) is 0. The van der Waals surface area contributed by atoms with Gasteiger partial charge in [-0.2, -0.15) is 0 Å². The number of hydrogen-bond donors (Lipinski definition) is 1. The molecule has 0 radical (unpaired) electrons. The Bertz CT molecular complexity index is 518. The van der Waals surface area contributed by atoms with Gasteiger partial charge in [-0.1, -0.05) is 23.7 Å². The van der Waals surface area contributed by atoms with Crippen molar-refractivity contribution in [2.24, 2.45) is 0 Å². The van der Waals surface area contributed by atoms with Gasteiger partial charge in [0.15, 0.2) is 0 Å². The first-order chi connectivity index (χ1) is 9.60. The van der Waals surface area contributed by atoms with Crippen LogP contribution in [0.5, 0.6) is 5.19 Å². The van der Waals surface area contributed by atoms with Crippen molar-refractivity contribution in [1.29, 1.82) is 0 Å². The standard InChI is InChI=1S/C14H21N3O2S/c1-5-7-12(18-4)8-11(10(3)6-2)9-19-14-17-16-13(15)20-14/h5,7-8H,6,9H2,1-4H3,(H2,15,16)/b7-5-,11-10+,12-8+. The second-order valence-corrected chi connectivity index (χ2v) is 5.08. The average molecular weight is 295 g/mol. The van der Waals surface area contributed by atoms with E-state index >= 15 is 0 Å². The third-order valence-corrected chi connectivity index (χ3v) is 3.40. The minimum Gasteiger partial charge on any atom is -0.497 e. The lowest BCUT2D eigenvalue weighted by molar-refractivity contribution is 0.304. The summed E-state index contributed by atoms with van der Waals surface area (Å²) >= 11 is 1.23. The topological polar surface area (TPSA) is 70.3 Å². The monoisotopic (exact) mass is 295 g/mol.